The molecule has 0 aromatic carbocycles. The van der Waals surface area contributed by atoms with Gasteiger partial charge in [-0.05, 0) is 37.3 Å². The second-order valence-corrected chi connectivity index (χ2v) is 6.05. The molecule has 2 rings (SSSR count). The van der Waals surface area contributed by atoms with Crippen LogP contribution in [0.25, 0.3) is 0 Å². The Morgan fingerprint density at radius 3 is 2.80 bits per heavy atom. The van der Waals surface area contributed by atoms with E-state index in [0.29, 0.717) is 16.3 Å². The summed E-state index contributed by atoms with van der Waals surface area (Å²) in [6.45, 7) is 0. The van der Waals surface area contributed by atoms with Crippen LogP contribution in [-0.4, -0.2) is 21.8 Å². The normalized spacial score (nSPS) is 14.8. The lowest BCUT2D eigenvalue weighted by atomic mass is 9.96. The fourth-order valence-electron chi connectivity index (χ4n) is 2.39. The van der Waals surface area contributed by atoms with Crippen LogP contribution in [0, 0.1) is 11.3 Å². The quantitative estimate of drug-likeness (QED) is 0.862. The number of nitrogens with zero attached hydrogens (tertiary/aromatic N) is 2. The number of carboxylic acids is 1. The maximum absolute atomic E-state index is 10.6. The van der Waals surface area contributed by atoms with E-state index in [9.17, 15) is 10.1 Å². The van der Waals surface area contributed by atoms with E-state index in [1.54, 1.807) is 0 Å². The molecule has 0 bridgehead atoms. The van der Waals surface area contributed by atoms with E-state index in [4.69, 9.17) is 5.11 Å². The molecule has 1 aliphatic rings. The van der Waals surface area contributed by atoms with E-state index < -0.39 is 5.97 Å². The Hall–Kier alpha value is -1.54. The summed E-state index contributed by atoms with van der Waals surface area (Å²) in [6, 6.07) is 4.14. The number of carboxylic acid groups (broad SMARTS) is 1. The molecule has 1 aromatic heterocycles. The Balaban J connectivity index is 2.20. The number of aromatic nitrogens is 1. The van der Waals surface area contributed by atoms with Gasteiger partial charge >= 0.3 is 5.97 Å². The van der Waals surface area contributed by atoms with Gasteiger partial charge in [-0.15, -0.1) is 11.8 Å². The van der Waals surface area contributed by atoms with Gasteiger partial charge in [0.2, 0.25) is 0 Å². The second kappa shape index (κ2) is 7.30. The summed E-state index contributed by atoms with van der Waals surface area (Å²) in [5.74, 6) is -0.363. The molecule has 1 N–H and O–H groups in total. The highest BCUT2D eigenvalue weighted by atomic mass is 32.2. The van der Waals surface area contributed by atoms with E-state index in [1.165, 1.54) is 30.2 Å². The molecule has 5 heteroatoms. The van der Waals surface area contributed by atoms with Gasteiger partial charge in [-0.1, -0.05) is 12.8 Å². The summed E-state index contributed by atoms with van der Waals surface area (Å²) in [5, 5.41) is 18.6. The summed E-state index contributed by atoms with van der Waals surface area (Å²) in [5.41, 5.74) is 2.88. The van der Waals surface area contributed by atoms with Crippen molar-refractivity contribution >= 4 is 17.7 Å². The molecule has 106 valence electrons. The molecule has 1 aliphatic carbocycles. The maximum Gasteiger partial charge on any atom is 0.304 e. The van der Waals surface area contributed by atoms with Crippen molar-refractivity contribution in [2.24, 2.45) is 0 Å². The highest BCUT2D eigenvalue weighted by Crippen LogP contribution is 2.26. The monoisotopic (exact) mass is 290 g/mol. The predicted octanol–water partition coefficient (Wildman–Crippen LogP) is 3.18. The average Bonchev–Trinajstić information content (AvgIpc) is 2.39. The molecule has 0 aliphatic heterocycles. The number of aliphatic carboxylic acids is 1. The first-order valence-corrected chi connectivity index (χ1v) is 7.96. The zero-order chi connectivity index (χ0) is 14.4. The lowest BCUT2D eigenvalue weighted by Crippen LogP contribution is -2.05. The van der Waals surface area contributed by atoms with E-state index in [0.717, 1.165) is 31.4 Å². The number of carbonyl (C=O) groups is 1. The van der Waals surface area contributed by atoms with Gasteiger partial charge in [0, 0.05) is 11.4 Å². The topological polar surface area (TPSA) is 74.0 Å². The van der Waals surface area contributed by atoms with Crippen molar-refractivity contribution in [2.45, 2.75) is 50.0 Å². The Bertz CT molecular complexity index is 537. The van der Waals surface area contributed by atoms with Crippen LogP contribution in [-0.2, 0) is 17.6 Å². The minimum atomic E-state index is -0.817. The van der Waals surface area contributed by atoms with Gasteiger partial charge < -0.3 is 5.11 Å². The summed E-state index contributed by atoms with van der Waals surface area (Å²) < 4.78 is 0. The molecule has 0 saturated heterocycles. The average molecular weight is 290 g/mol. The Morgan fingerprint density at radius 1 is 1.35 bits per heavy atom. The maximum atomic E-state index is 10.6. The third kappa shape index (κ3) is 3.97. The predicted molar refractivity (Wildman–Crippen MR) is 77.8 cm³/mol. The van der Waals surface area contributed by atoms with Crippen LogP contribution >= 0.6 is 11.8 Å². The van der Waals surface area contributed by atoms with Gasteiger partial charge in [-0.3, -0.25) is 4.79 Å². The van der Waals surface area contributed by atoms with E-state index in [1.807, 2.05) is 6.07 Å². The second-order valence-electron chi connectivity index (χ2n) is 4.97. The van der Waals surface area contributed by atoms with E-state index >= 15 is 0 Å². The van der Waals surface area contributed by atoms with Crippen LogP contribution in [0.1, 0.15) is 48.9 Å². The molecule has 1 aromatic rings. The summed E-state index contributed by atoms with van der Waals surface area (Å²) in [7, 11) is 0. The lowest BCUT2D eigenvalue weighted by Gasteiger charge is -2.15. The number of fused-ring (bicyclic) bond motifs is 1. The zero-order valence-corrected chi connectivity index (χ0v) is 12.2. The van der Waals surface area contributed by atoms with Crippen molar-refractivity contribution in [2.75, 3.05) is 5.75 Å². The molecule has 0 atom stereocenters. The van der Waals surface area contributed by atoms with Crippen LogP contribution < -0.4 is 0 Å². The Kier molecular flexibility index (Phi) is 5.42. The third-order valence-electron chi connectivity index (χ3n) is 3.44. The fourth-order valence-corrected chi connectivity index (χ4v) is 3.30. The van der Waals surface area contributed by atoms with Crippen molar-refractivity contribution in [3.8, 4) is 6.07 Å². The number of hydrogen-bond acceptors (Lipinski definition) is 4. The molecule has 0 spiro atoms. The number of hydrogen-bond donors (Lipinski definition) is 1. The minimum absolute atomic E-state index is 0.0916. The van der Waals surface area contributed by atoms with Gasteiger partial charge in [-0.25, -0.2) is 4.98 Å². The molecule has 1 heterocycles. The van der Waals surface area contributed by atoms with Crippen LogP contribution in [0.5, 0.6) is 0 Å². The molecule has 20 heavy (non-hydrogen) atoms. The molecule has 0 fully saturated rings. The highest BCUT2D eigenvalue weighted by Gasteiger charge is 2.14. The molecule has 4 nitrogen and oxygen atoms in total. The number of aryl methyl sites for hydroxylation is 2. The molecule has 0 radical (unpaired) electrons. The van der Waals surface area contributed by atoms with Crippen LogP contribution in [0.4, 0.5) is 0 Å². The number of pyridine rings is 1. The van der Waals surface area contributed by atoms with Crippen LogP contribution in [0.15, 0.2) is 11.1 Å². The third-order valence-corrected chi connectivity index (χ3v) is 4.43. The first-order chi connectivity index (χ1) is 9.70. The zero-order valence-electron chi connectivity index (χ0n) is 11.4. The summed E-state index contributed by atoms with van der Waals surface area (Å²) in [6.07, 6.45) is 6.84. The van der Waals surface area contributed by atoms with Gasteiger partial charge in [0.1, 0.15) is 11.1 Å². The van der Waals surface area contributed by atoms with Gasteiger partial charge in [0.25, 0.3) is 0 Å². The first-order valence-electron chi connectivity index (χ1n) is 6.98. The molecule has 0 amide bonds. The first kappa shape index (κ1) is 14.9. The molecule has 0 unspecified atom stereocenters. The Labute approximate surface area is 123 Å². The standard InChI is InChI=1S/C15H18N2O2S/c16-10-12-9-11-5-3-1-2-4-6-13(11)17-15(12)20-8-7-14(18)19/h9H,1-8H2,(H,18,19). The van der Waals surface area contributed by atoms with Gasteiger partial charge in [0.05, 0.1) is 12.0 Å². The highest BCUT2D eigenvalue weighted by molar-refractivity contribution is 7.99. The summed E-state index contributed by atoms with van der Waals surface area (Å²) >= 11 is 1.37. The fraction of sp³-hybridized carbons (Fsp3) is 0.533. The molecular formula is C15H18N2O2S. The largest absolute Gasteiger partial charge is 0.481 e. The Morgan fingerprint density at radius 2 is 2.10 bits per heavy atom. The van der Waals surface area contributed by atoms with Crippen LogP contribution in [0.3, 0.4) is 0 Å². The number of thioether (sulfide) groups is 1. The number of rotatable bonds is 4. The van der Waals surface area contributed by atoms with Crippen molar-refractivity contribution in [3.63, 3.8) is 0 Å². The van der Waals surface area contributed by atoms with Gasteiger partial charge in [0.15, 0.2) is 0 Å². The van der Waals surface area contributed by atoms with E-state index in [2.05, 4.69) is 11.1 Å². The number of nitriles is 1. The summed E-state index contributed by atoms with van der Waals surface area (Å²) in [4.78, 5) is 15.2. The molecule has 0 saturated carbocycles. The van der Waals surface area contributed by atoms with Crippen LogP contribution in [0.2, 0.25) is 0 Å². The molecular weight excluding hydrogens is 272 g/mol. The van der Waals surface area contributed by atoms with Crippen molar-refractivity contribution < 1.29 is 9.90 Å². The van der Waals surface area contributed by atoms with Gasteiger partial charge in [-0.2, -0.15) is 5.26 Å². The van der Waals surface area contributed by atoms with Crippen molar-refractivity contribution in [3.05, 3.63) is 22.9 Å². The minimum Gasteiger partial charge on any atom is -0.481 e. The SMILES string of the molecule is N#Cc1cc2c(nc1SCCC(=O)O)CCCCCC2. The van der Waals surface area contributed by atoms with Crippen molar-refractivity contribution in [1.29, 1.82) is 5.26 Å². The van der Waals surface area contributed by atoms with E-state index in [-0.39, 0.29) is 6.42 Å². The lowest BCUT2D eigenvalue weighted by molar-refractivity contribution is -0.136. The van der Waals surface area contributed by atoms with Crippen molar-refractivity contribution in [1.82, 2.24) is 4.98 Å². The smallest absolute Gasteiger partial charge is 0.304 e.